The summed E-state index contributed by atoms with van der Waals surface area (Å²) in [6, 6.07) is 14.7. The molecule has 148 valence electrons. The zero-order valence-corrected chi connectivity index (χ0v) is 16.2. The Morgan fingerprint density at radius 2 is 1.79 bits per heavy atom. The molecule has 1 N–H and O–H groups in total. The Labute approximate surface area is 164 Å². The molecule has 0 spiro atoms. The van der Waals surface area contributed by atoms with E-state index in [4.69, 9.17) is 9.47 Å². The largest absolute Gasteiger partial charge is 0.496 e. The lowest BCUT2D eigenvalue weighted by Crippen LogP contribution is -2.50. The molecule has 1 aliphatic heterocycles. The van der Waals surface area contributed by atoms with E-state index >= 15 is 0 Å². The minimum atomic E-state index is -0.938. The van der Waals surface area contributed by atoms with Crippen molar-refractivity contribution in [3.63, 3.8) is 0 Å². The van der Waals surface area contributed by atoms with Crippen LogP contribution in [0.3, 0.4) is 0 Å². The molecule has 0 saturated carbocycles. The summed E-state index contributed by atoms with van der Waals surface area (Å²) in [4.78, 5) is 26.2. The summed E-state index contributed by atoms with van der Waals surface area (Å²) in [6.45, 7) is 2.63. The van der Waals surface area contributed by atoms with Crippen LogP contribution >= 0.6 is 0 Å². The zero-order chi connectivity index (χ0) is 20.1. The van der Waals surface area contributed by atoms with Gasteiger partial charge in [-0.25, -0.2) is 0 Å². The lowest BCUT2D eigenvalue weighted by molar-refractivity contribution is -0.148. The van der Waals surface area contributed by atoms with E-state index in [1.54, 1.807) is 24.1 Å². The number of methoxy groups -OCH3 is 1. The zero-order valence-electron chi connectivity index (χ0n) is 16.2. The van der Waals surface area contributed by atoms with Crippen molar-refractivity contribution in [2.45, 2.75) is 25.2 Å². The fourth-order valence-electron chi connectivity index (χ4n) is 3.70. The van der Waals surface area contributed by atoms with Gasteiger partial charge in [-0.15, -0.1) is 0 Å². The maximum Gasteiger partial charge on any atom is 0.314 e. The summed E-state index contributed by atoms with van der Waals surface area (Å²) in [5.41, 5.74) is 0.783. The van der Waals surface area contributed by atoms with Crippen LogP contribution in [0.25, 0.3) is 0 Å². The quantitative estimate of drug-likeness (QED) is 0.830. The molecule has 6 heteroatoms. The summed E-state index contributed by atoms with van der Waals surface area (Å²) >= 11 is 0. The molecule has 0 atom stereocenters. The van der Waals surface area contributed by atoms with Crippen LogP contribution in [0.4, 0.5) is 0 Å². The molecule has 6 nitrogen and oxygen atoms in total. The van der Waals surface area contributed by atoms with E-state index in [9.17, 15) is 14.7 Å². The van der Waals surface area contributed by atoms with Crippen LogP contribution in [-0.4, -0.2) is 48.7 Å². The number of nitrogens with zero attached hydrogens (tertiary/aromatic N) is 1. The first-order valence-electron chi connectivity index (χ1n) is 9.30. The van der Waals surface area contributed by atoms with Gasteiger partial charge in [0.2, 0.25) is 0 Å². The third-order valence-corrected chi connectivity index (χ3v) is 5.43. The van der Waals surface area contributed by atoms with E-state index in [0.29, 0.717) is 31.7 Å². The number of carboxylic acids is 1. The molecule has 28 heavy (non-hydrogen) atoms. The van der Waals surface area contributed by atoms with Crippen molar-refractivity contribution in [2.24, 2.45) is 0 Å². The van der Waals surface area contributed by atoms with Crippen molar-refractivity contribution in [2.75, 3.05) is 26.8 Å². The Kier molecular flexibility index (Phi) is 5.87. The van der Waals surface area contributed by atoms with E-state index in [2.05, 4.69) is 0 Å². The third-order valence-electron chi connectivity index (χ3n) is 5.43. The van der Waals surface area contributed by atoms with Gasteiger partial charge in [0.25, 0.3) is 5.91 Å². The molecule has 3 rings (SSSR count). The number of carbonyl (C=O) groups is 2. The number of hydrogen-bond acceptors (Lipinski definition) is 4. The summed E-state index contributed by atoms with van der Waals surface area (Å²) in [6.07, 6.45) is 0.777. The van der Waals surface area contributed by atoms with Crippen LogP contribution in [0, 0.1) is 6.92 Å². The lowest BCUT2D eigenvalue weighted by Gasteiger charge is -2.39. The van der Waals surface area contributed by atoms with E-state index in [1.807, 2.05) is 43.3 Å². The topological polar surface area (TPSA) is 76.1 Å². The van der Waals surface area contributed by atoms with Gasteiger partial charge in [0.15, 0.2) is 6.61 Å². The minimum Gasteiger partial charge on any atom is -0.496 e. The number of carboxylic acid groups (broad SMARTS) is 1. The second kappa shape index (κ2) is 8.33. The molecule has 1 fully saturated rings. The number of benzene rings is 2. The fraction of sp³-hybridized carbons (Fsp3) is 0.364. The van der Waals surface area contributed by atoms with Crippen LogP contribution in [0.5, 0.6) is 11.5 Å². The molecule has 0 aromatic heterocycles. The summed E-state index contributed by atoms with van der Waals surface area (Å²) < 4.78 is 10.8. The second-order valence-electron chi connectivity index (χ2n) is 7.05. The van der Waals surface area contributed by atoms with E-state index in [0.717, 1.165) is 16.9 Å². The van der Waals surface area contributed by atoms with Gasteiger partial charge in [0.1, 0.15) is 11.5 Å². The number of rotatable bonds is 6. The summed E-state index contributed by atoms with van der Waals surface area (Å²) in [5, 5.41) is 9.85. The van der Waals surface area contributed by atoms with Crippen molar-refractivity contribution in [1.29, 1.82) is 0 Å². The number of aliphatic carboxylic acids is 1. The Morgan fingerprint density at radius 3 is 2.36 bits per heavy atom. The Morgan fingerprint density at radius 1 is 1.11 bits per heavy atom. The van der Waals surface area contributed by atoms with Gasteiger partial charge in [-0.1, -0.05) is 30.3 Å². The van der Waals surface area contributed by atoms with Gasteiger partial charge in [0, 0.05) is 13.1 Å². The smallest absolute Gasteiger partial charge is 0.314 e. The molecule has 1 aliphatic rings. The summed E-state index contributed by atoms with van der Waals surface area (Å²) in [5.74, 6) is 0.393. The van der Waals surface area contributed by atoms with Gasteiger partial charge in [-0.2, -0.15) is 0 Å². The highest BCUT2D eigenvalue weighted by Gasteiger charge is 2.43. The summed E-state index contributed by atoms with van der Waals surface area (Å²) in [7, 11) is 1.61. The molecular weight excluding hydrogens is 358 g/mol. The number of piperidine rings is 1. The van der Waals surface area contributed by atoms with Crippen LogP contribution in [-0.2, 0) is 15.0 Å². The van der Waals surface area contributed by atoms with Crippen molar-refractivity contribution >= 4 is 11.9 Å². The molecule has 0 radical (unpaired) electrons. The number of likely N-dealkylation sites (tertiary alicyclic amines) is 1. The molecule has 2 aromatic carbocycles. The first-order chi connectivity index (χ1) is 13.5. The van der Waals surface area contributed by atoms with Crippen molar-refractivity contribution in [3.05, 3.63) is 59.7 Å². The van der Waals surface area contributed by atoms with E-state index in [-0.39, 0.29) is 12.5 Å². The first-order valence-corrected chi connectivity index (χ1v) is 9.30. The maximum atomic E-state index is 12.5. The number of aryl methyl sites for hydroxylation is 1. The molecule has 0 aliphatic carbocycles. The molecule has 1 heterocycles. The lowest BCUT2D eigenvalue weighted by atomic mass is 9.73. The molecule has 2 aromatic rings. The van der Waals surface area contributed by atoms with Gasteiger partial charge < -0.3 is 19.5 Å². The van der Waals surface area contributed by atoms with Crippen molar-refractivity contribution in [1.82, 2.24) is 4.90 Å². The monoisotopic (exact) mass is 383 g/mol. The predicted octanol–water partition coefficient (Wildman–Crippen LogP) is 3.03. The SMILES string of the molecule is COc1ccc(OCC(=O)N2CCC(C(=O)O)(c3ccccc3)CC2)cc1C. The molecule has 0 bridgehead atoms. The van der Waals surface area contributed by atoms with Crippen molar-refractivity contribution in [3.8, 4) is 11.5 Å². The van der Waals surface area contributed by atoms with Gasteiger partial charge >= 0.3 is 5.97 Å². The Balaban J connectivity index is 1.60. The van der Waals surface area contributed by atoms with Crippen molar-refractivity contribution < 1.29 is 24.2 Å². The number of carbonyl (C=O) groups excluding carboxylic acids is 1. The first kappa shape index (κ1) is 19.7. The fourth-order valence-corrected chi connectivity index (χ4v) is 3.70. The maximum absolute atomic E-state index is 12.5. The molecule has 0 unspecified atom stereocenters. The van der Waals surface area contributed by atoms with Crippen LogP contribution in [0.1, 0.15) is 24.0 Å². The average Bonchev–Trinajstić information content (AvgIpc) is 2.72. The number of ether oxygens (including phenoxy) is 2. The minimum absolute atomic E-state index is 0.0722. The Bertz CT molecular complexity index is 841. The van der Waals surface area contributed by atoms with Crippen LogP contribution in [0.2, 0.25) is 0 Å². The van der Waals surface area contributed by atoms with Crippen LogP contribution in [0.15, 0.2) is 48.5 Å². The molecule has 1 amide bonds. The van der Waals surface area contributed by atoms with Gasteiger partial charge in [-0.3, -0.25) is 9.59 Å². The third kappa shape index (κ3) is 3.96. The molecular formula is C22H25NO5. The highest BCUT2D eigenvalue weighted by Crippen LogP contribution is 2.36. The molecule has 1 saturated heterocycles. The second-order valence-corrected chi connectivity index (χ2v) is 7.05. The Hall–Kier alpha value is -3.02. The van der Waals surface area contributed by atoms with Gasteiger partial charge in [-0.05, 0) is 49.1 Å². The highest BCUT2D eigenvalue weighted by molar-refractivity contribution is 5.83. The van der Waals surface area contributed by atoms with Gasteiger partial charge in [0.05, 0.1) is 12.5 Å². The predicted molar refractivity (Wildman–Crippen MR) is 105 cm³/mol. The van der Waals surface area contributed by atoms with E-state index < -0.39 is 11.4 Å². The average molecular weight is 383 g/mol. The highest BCUT2D eigenvalue weighted by atomic mass is 16.5. The normalized spacial score (nSPS) is 15.7. The van der Waals surface area contributed by atoms with E-state index in [1.165, 1.54) is 0 Å². The number of hydrogen-bond donors (Lipinski definition) is 1. The van der Waals surface area contributed by atoms with Crippen LogP contribution < -0.4 is 9.47 Å². The standard InChI is InChI=1S/C22H25NO5/c1-16-14-18(8-9-19(16)27-2)28-15-20(24)23-12-10-22(11-13-23,21(25)26)17-6-4-3-5-7-17/h3-9,14H,10-13,15H2,1-2H3,(H,25,26). The number of amides is 1.